The molecule has 1 aliphatic rings. The summed E-state index contributed by atoms with van der Waals surface area (Å²) in [6.07, 6.45) is 1.49. The monoisotopic (exact) mass is 278 g/mol. The minimum Gasteiger partial charge on any atom is -0.504 e. The number of phenolic OH excluding ortho intramolecular Hbond substituents is 2. The van der Waals surface area contributed by atoms with Crippen molar-refractivity contribution in [2.45, 2.75) is 0 Å². The number of nitriles is 1. The fourth-order valence-electron chi connectivity index (χ4n) is 1.38. The van der Waals surface area contributed by atoms with E-state index in [2.05, 4.69) is 5.32 Å². The van der Waals surface area contributed by atoms with Crippen molar-refractivity contribution in [2.24, 2.45) is 0 Å². The van der Waals surface area contributed by atoms with E-state index < -0.39 is 11.5 Å². The first-order chi connectivity index (χ1) is 8.51. The molecule has 1 heterocycles. The molecule has 1 fully saturated rings. The van der Waals surface area contributed by atoms with E-state index in [1.165, 1.54) is 18.2 Å². The van der Waals surface area contributed by atoms with Crippen molar-refractivity contribution in [1.29, 1.82) is 5.26 Å². The van der Waals surface area contributed by atoms with E-state index in [0.717, 1.165) is 11.8 Å². The Kier molecular flexibility index (Phi) is 3.23. The molecule has 18 heavy (non-hydrogen) atoms. The third-order valence-electron chi connectivity index (χ3n) is 2.17. The molecule has 0 aliphatic carbocycles. The summed E-state index contributed by atoms with van der Waals surface area (Å²) in [5.74, 6) is -1.21. The van der Waals surface area contributed by atoms with Gasteiger partial charge in [-0.05, 0) is 23.8 Å². The summed E-state index contributed by atoms with van der Waals surface area (Å²) in [4.78, 5) is 11.8. The number of aromatic hydroxyl groups is 2. The molecule has 0 saturated carbocycles. The Bertz CT molecular complexity index is 632. The summed E-state index contributed by atoms with van der Waals surface area (Å²) >= 11 is 5.93. The number of hydrogen-bond donors (Lipinski definition) is 3. The zero-order chi connectivity index (χ0) is 13.3. The number of amides is 1. The standard InChI is InChI=1S/C11H6N2O3S2/c12-4-6-1-5(2-7(14)9(6)15)3-8-10(16)13-11(17)18-8/h1-3,14-15H,(H,13,16,17)/b8-3-. The number of benzene rings is 1. The molecule has 1 aromatic rings. The average molecular weight is 278 g/mol. The Morgan fingerprint density at radius 3 is 2.72 bits per heavy atom. The molecule has 1 amide bonds. The third-order valence-corrected chi connectivity index (χ3v) is 3.34. The van der Waals surface area contributed by atoms with Crippen LogP contribution in [0.4, 0.5) is 0 Å². The van der Waals surface area contributed by atoms with Gasteiger partial charge in [-0.25, -0.2) is 0 Å². The predicted molar refractivity (Wildman–Crippen MR) is 70.8 cm³/mol. The Balaban J connectivity index is 2.45. The third kappa shape index (κ3) is 2.30. The molecule has 90 valence electrons. The summed E-state index contributed by atoms with van der Waals surface area (Å²) in [5.41, 5.74) is 0.372. The van der Waals surface area contributed by atoms with Gasteiger partial charge in [0.2, 0.25) is 0 Å². The number of nitrogens with zero attached hydrogens (tertiary/aromatic N) is 1. The van der Waals surface area contributed by atoms with Crippen molar-refractivity contribution in [2.75, 3.05) is 0 Å². The summed E-state index contributed by atoms with van der Waals surface area (Å²) in [6.45, 7) is 0. The molecule has 1 saturated heterocycles. The molecular weight excluding hydrogens is 272 g/mol. The maximum absolute atomic E-state index is 11.4. The summed E-state index contributed by atoms with van der Waals surface area (Å²) < 4.78 is 0.356. The van der Waals surface area contributed by atoms with Gasteiger partial charge < -0.3 is 15.5 Å². The number of thioether (sulfide) groups is 1. The Labute approximate surface area is 112 Å². The van der Waals surface area contributed by atoms with Gasteiger partial charge in [0, 0.05) is 0 Å². The van der Waals surface area contributed by atoms with Gasteiger partial charge in [0.15, 0.2) is 11.5 Å². The topological polar surface area (TPSA) is 93.4 Å². The second-order valence-electron chi connectivity index (χ2n) is 3.40. The molecule has 1 aliphatic heterocycles. The normalized spacial score (nSPS) is 16.7. The van der Waals surface area contributed by atoms with Crippen molar-refractivity contribution in [1.82, 2.24) is 5.32 Å². The van der Waals surface area contributed by atoms with E-state index in [-0.39, 0.29) is 11.5 Å². The molecule has 1 aromatic carbocycles. The van der Waals surface area contributed by atoms with Gasteiger partial charge in [0.1, 0.15) is 10.4 Å². The van der Waals surface area contributed by atoms with Crippen LogP contribution in [0.2, 0.25) is 0 Å². The van der Waals surface area contributed by atoms with Gasteiger partial charge in [-0.15, -0.1) is 0 Å². The largest absolute Gasteiger partial charge is 0.504 e. The van der Waals surface area contributed by atoms with Gasteiger partial charge >= 0.3 is 0 Å². The van der Waals surface area contributed by atoms with Gasteiger partial charge in [-0.2, -0.15) is 5.26 Å². The molecule has 7 heteroatoms. The Morgan fingerprint density at radius 2 is 2.17 bits per heavy atom. The highest BCUT2D eigenvalue weighted by molar-refractivity contribution is 8.26. The smallest absolute Gasteiger partial charge is 0.263 e. The van der Waals surface area contributed by atoms with Crippen LogP contribution in [0.1, 0.15) is 11.1 Å². The van der Waals surface area contributed by atoms with Crippen LogP contribution in [0.3, 0.4) is 0 Å². The molecule has 3 N–H and O–H groups in total. The summed E-state index contributed by atoms with van der Waals surface area (Å²) in [6, 6.07) is 4.38. The van der Waals surface area contributed by atoms with E-state index in [1.54, 1.807) is 6.07 Å². The van der Waals surface area contributed by atoms with E-state index in [4.69, 9.17) is 17.5 Å². The predicted octanol–water partition coefficient (Wildman–Crippen LogP) is 1.46. The van der Waals surface area contributed by atoms with Gasteiger partial charge in [-0.1, -0.05) is 24.0 Å². The second kappa shape index (κ2) is 4.68. The van der Waals surface area contributed by atoms with Crippen molar-refractivity contribution in [3.8, 4) is 17.6 Å². The first-order valence-electron chi connectivity index (χ1n) is 4.72. The van der Waals surface area contributed by atoms with Gasteiger partial charge in [0.25, 0.3) is 5.91 Å². The van der Waals surface area contributed by atoms with Crippen molar-refractivity contribution < 1.29 is 15.0 Å². The molecule has 0 bridgehead atoms. The lowest BCUT2D eigenvalue weighted by Crippen LogP contribution is -2.17. The lowest BCUT2D eigenvalue weighted by molar-refractivity contribution is -0.115. The minimum atomic E-state index is -0.473. The van der Waals surface area contributed by atoms with Crippen LogP contribution in [-0.4, -0.2) is 20.4 Å². The fraction of sp³-hybridized carbons (Fsp3) is 0. The summed E-state index contributed by atoms with van der Waals surface area (Å²) in [5, 5.41) is 30.0. The highest BCUT2D eigenvalue weighted by atomic mass is 32.2. The SMILES string of the molecule is N#Cc1cc(/C=C2\SC(=S)NC2=O)cc(O)c1O. The number of nitrogens with one attached hydrogen (secondary N) is 1. The molecule has 0 radical (unpaired) electrons. The van der Waals surface area contributed by atoms with Crippen molar-refractivity contribution >= 4 is 40.3 Å². The number of rotatable bonds is 1. The first-order valence-corrected chi connectivity index (χ1v) is 5.94. The molecular formula is C11H6N2O3S2. The molecule has 0 unspecified atom stereocenters. The number of phenols is 2. The lowest BCUT2D eigenvalue weighted by atomic mass is 10.1. The van der Waals surface area contributed by atoms with Crippen LogP contribution in [0, 0.1) is 11.3 Å². The zero-order valence-electron chi connectivity index (χ0n) is 8.80. The Morgan fingerprint density at radius 1 is 1.44 bits per heavy atom. The zero-order valence-corrected chi connectivity index (χ0v) is 10.4. The van der Waals surface area contributed by atoms with Crippen LogP contribution in [0.5, 0.6) is 11.5 Å². The van der Waals surface area contributed by atoms with Crippen LogP contribution in [0.25, 0.3) is 6.08 Å². The average Bonchev–Trinajstić information content (AvgIpc) is 2.62. The highest BCUT2D eigenvalue weighted by Crippen LogP contribution is 2.32. The maximum atomic E-state index is 11.4. The molecule has 0 aromatic heterocycles. The van der Waals surface area contributed by atoms with Crippen LogP contribution >= 0.6 is 24.0 Å². The van der Waals surface area contributed by atoms with E-state index in [1.807, 2.05) is 0 Å². The lowest BCUT2D eigenvalue weighted by Gasteiger charge is -2.02. The Hall–Kier alpha value is -2.04. The number of carbonyl (C=O) groups excluding carboxylic acids is 1. The first kappa shape index (κ1) is 12.4. The van der Waals surface area contributed by atoms with Crippen molar-refractivity contribution in [3.63, 3.8) is 0 Å². The highest BCUT2D eigenvalue weighted by Gasteiger charge is 2.22. The molecule has 0 atom stereocenters. The van der Waals surface area contributed by atoms with Crippen molar-refractivity contribution in [3.05, 3.63) is 28.2 Å². The van der Waals surface area contributed by atoms with Crippen LogP contribution < -0.4 is 5.32 Å². The number of carbonyl (C=O) groups is 1. The maximum Gasteiger partial charge on any atom is 0.263 e. The second-order valence-corrected chi connectivity index (χ2v) is 5.12. The van der Waals surface area contributed by atoms with E-state index >= 15 is 0 Å². The molecule has 0 spiro atoms. The van der Waals surface area contributed by atoms with Crippen LogP contribution in [0.15, 0.2) is 17.0 Å². The number of hydrogen-bond acceptors (Lipinski definition) is 6. The fourth-order valence-corrected chi connectivity index (χ4v) is 2.43. The number of thiocarbonyl (C=S) groups is 1. The van der Waals surface area contributed by atoms with E-state index in [0.29, 0.717) is 14.8 Å². The minimum absolute atomic E-state index is 0.0622. The van der Waals surface area contributed by atoms with Gasteiger partial charge in [0.05, 0.1) is 10.5 Å². The summed E-state index contributed by atoms with van der Waals surface area (Å²) in [7, 11) is 0. The molecule has 2 rings (SSSR count). The van der Waals surface area contributed by atoms with Gasteiger partial charge in [-0.3, -0.25) is 4.79 Å². The van der Waals surface area contributed by atoms with E-state index in [9.17, 15) is 15.0 Å². The quantitative estimate of drug-likeness (QED) is 0.409. The molecule has 5 nitrogen and oxygen atoms in total. The van der Waals surface area contributed by atoms with Crippen LogP contribution in [-0.2, 0) is 4.79 Å².